The topological polar surface area (TPSA) is 71.1 Å². The Morgan fingerprint density at radius 2 is 1.95 bits per heavy atom. The van der Waals surface area contributed by atoms with Crippen LogP contribution in [-0.4, -0.2) is 6.61 Å². The quantitative estimate of drug-likeness (QED) is 0.820. The van der Waals surface area contributed by atoms with Crippen LogP contribution < -0.4 is 15.8 Å². The number of rotatable bonds is 4. The van der Waals surface area contributed by atoms with Crippen LogP contribution in [0.2, 0.25) is 0 Å². The molecule has 0 fully saturated rings. The molecule has 0 aliphatic heterocycles. The molecule has 0 spiro atoms. The van der Waals surface area contributed by atoms with Gasteiger partial charge in [-0.25, -0.2) is 0 Å². The fourth-order valence-electron chi connectivity index (χ4n) is 1.72. The van der Waals surface area contributed by atoms with E-state index in [-0.39, 0.29) is 0 Å². The maximum Gasteiger partial charge on any atom is 0.144 e. The molecule has 0 unspecified atom stereocenters. The van der Waals surface area contributed by atoms with Crippen LogP contribution in [0.15, 0.2) is 42.5 Å². The maximum atomic E-state index is 8.75. The zero-order chi connectivity index (χ0) is 13.7. The van der Waals surface area contributed by atoms with Crippen molar-refractivity contribution in [1.82, 2.24) is 0 Å². The summed E-state index contributed by atoms with van der Waals surface area (Å²) in [5, 5.41) is 12.0. The Morgan fingerprint density at radius 1 is 1.21 bits per heavy atom. The largest absolute Gasteiger partial charge is 0.492 e. The third kappa shape index (κ3) is 2.96. The van der Waals surface area contributed by atoms with Gasteiger partial charge in [-0.2, -0.15) is 5.26 Å². The molecule has 19 heavy (non-hydrogen) atoms. The van der Waals surface area contributed by atoms with E-state index in [9.17, 15) is 0 Å². The van der Waals surface area contributed by atoms with Crippen molar-refractivity contribution < 1.29 is 4.74 Å². The lowest BCUT2D eigenvalue weighted by Crippen LogP contribution is -2.01. The summed E-state index contributed by atoms with van der Waals surface area (Å²) in [4.78, 5) is 0. The van der Waals surface area contributed by atoms with Crippen LogP contribution in [0.25, 0.3) is 0 Å². The van der Waals surface area contributed by atoms with E-state index in [1.807, 2.05) is 37.3 Å². The first-order valence-electron chi connectivity index (χ1n) is 6.03. The summed E-state index contributed by atoms with van der Waals surface area (Å²) < 4.78 is 5.44. The van der Waals surface area contributed by atoms with Crippen LogP contribution in [0.1, 0.15) is 12.5 Å². The number of hydrogen-bond donors (Lipinski definition) is 2. The lowest BCUT2D eigenvalue weighted by atomic mass is 10.2. The fourth-order valence-corrected chi connectivity index (χ4v) is 1.72. The molecule has 0 heterocycles. The highest BCUT2D eigenvalue weighted by Crippen LogP contribution is 2.31. The summed E-state index contributed by atoms with van der Waals surface area (Å²) in [6.07, 6.45) is 0. The molecule has 2 aromatic rings. The van der Waals surface area contributed by atoms with Gasteiger partial charge in [0.15, 0.2) is 0 Å². The van der Waals surface area contributed by atoms with E-state index in [0.717, 1.165) is 11.4 Å². The third-order valence-electron chi connectivity index (χ3n) is 2.66. The van der Waals surface area contributed by atoms with Crippen LogP contribution in [0.5, 0.6) is 5.75 Å². The monoisotopic (exact) mass is 253 g/mol. The van der Waals surface area contributed by atoms with E-state index in [1.165, 1.54) is 0 Å². The van der Waals surface area contributed by atoms with Gasteiger partial charge in [0.2, 0.25) is 0 Å². The van der Waals surface area contributed by atoms with Crippen molar-refractivity contribution in [1.29, 1.82) is 5.26 Å². The third-order valence-corrected chi connectivity index (χ3v) is 2.66. The van der Waals surface area contributed by atoms with E-state index in [2.05, 4.69) is 11.4 Å². The Labute approximate surface area is 112 Å². The molecule has 0 bridgehead atoms. The number of nitriles is 1. The highest BCUT2D eigenvalue weighted by molar-refractivity contribution is 5.77. The summed E-state index contributed by atoms with van der Waals surface area (Å²) in [5.41, 5.74) is 8.90. The highest BCUT2D eigenvalue weighted by atomic mass is 16.5. The van der Waals surface area contributed by atoms with Gasteiger partial charge < -0.3 is 15.8 Å². The molecule has 0 amide bonds. The molecule has 2 rings (SSSR count). The zero-order valence-electron chi connectivity index (χ0n) is 10.7. The summed E-state index contributed by atoms with van der Waals surface area (Å²) in [6, 6.07) is 14.9. The Bertz CT molecular complexity index is 600. The Kier molecular flexibility index (Phi) is 3.89. The fraction of sp³-hybridized carbons (Fsp3) is 0.133. The molecule has 0 aliphatic rings. The smallest absolute Gasteiger partial charge is 0.144 e. The van der Waals surface area contributed by atoms with Gasteiger partial charge >= 0.3 is 0 Å². The van der Waals surface area contributed by atoms with Crippen LogP contribution in [0.3, 0.4) is 0 Å². The van der Waals surface area contributed by atoms with Gasteiger partial charge in [-0.05, 0) is 43.3 Å². The van der Waals surface area contributed by atoms with Gasteiger partial charge in [-0.1, -0.05) is 6.07 Å². The molecule has 2 aromatic carbocycles. The Hall–Kier alpha value is -2.67. The average molecular weight is 253 g/mol. The number of para-hydroxylation sites is 1. The van der Waals surface area contributed by atoms with E-state index < -0.39 is 0 Å². The van der Waals surface area contributed by atoms with Crippen LogP contribution in [0.4, 0.5) is 17.1 Å². The van der Waals surface area contributed by atoms with Crippen molar-refractivity contribution in [2.24, 2.45) is 0 Å². The molecule has 0 radical (unpaired) electrons. The van der Waals surface area contributed by atoms with Crippen molar-refractivity contribution in [3.05, 3.63) is 48.0 Å². The van der Waals surface area contributed by atoms with Gasteiger partial charge in [0, 0.05) is 5.69 Å². The van der Waals surface area contributed by atoms with Gasteiger partial charge in [-0.15, -0.1) is 0 Å². The molecule has 0 aliphatic carbocycles. The number of nitrogens with two attached hydrogens (primary N) is 1. The minimum absolute atomic E-state index is 0.574. The average Bonchev–Trinajstić information content (AvgIpc) is 2.44. The molecular weight excluding hydrogens is 238 g/mol. The SMILES string of the molecule is CCOc1cccc(Nc2ccc(C#N)cc2)c1N. The van der Waals surface area contributed by atoms with E-state index in [1.54, 1.807) is 12.1 Å². The molecular formula is C15H15N3O. The molecule has 0 atom stereocenters. The zero-order valence-corrected chi connectivity index (χ0v) is 10.7. The van der Waals surface area contributed by atoms with Crippen LogP contribution >= 0.6 is 0 Å². The number of nitrogens with one attached hydrogen (secondary N) is 1. The minimum Gasteiger partial charge on any atom is -0.492 e. The van der Waals surface area contributed by atoms with Gasteiger partial charge in [0.05, 0.1) is 29.6 Å². The van der Waals surface area contributed by atoms with Crippen molar-refractivity contribution >= 4 is 17.1 Å². The summed E-state index contributed by atoms with van der Waals surface area (Å²) in [7, 11) is 0. The normalized spacial score (nSPS) is 9.68. The van der Waals surface area contributed by atoms with Gasteiger partial charge in [0.25, 0.3) is 0 Å². The number of anilines is 3. The standard InChI is InChI=1S/C15H15N3O/c1-2-19-14-5-3-4-13(15(14)17)18-12-8-6-11(10-16)7-9-12/h3-9,18H,2,17H2,1H3. The van der Waals surface area contributed by atoms with Crippen LogP contribution in [-0.2, 0) is 0 Å². The molecule has 0 aromatic heterocycles. The molecule has 3 N–H and O–H groups in total. The first-order chi connectivity index (χ1) is 9.24. The number of benzene rings is 2. The molecule has 4 heteroatoms. The first kappa shape index (κ1) is 12.8. The maximum absolute atomic E-state index is 8.75. The lowest BCUT2D eigenvalue weighted by molar-refractivity contribution is 0.342. The second kappa shape index (κ2) is 5.78. The summed E-state index contributed by atoms with van der Waals surface area (Å²) in [5.74, 6) is 0.668. The van der Waals surface area contributed by atoms with E-state index in [0.29, 0.717) is 23.6 Å². The second-order valence-corrected chi connectivity index (χ2v) is 3.96. The van der Waals surface area contributed by atoms with E-state index >= 15 is 0 Å². The number of nitrogen functional groups attached to an aromatic ring is 1. The van der Waals surface area contributed by atoms with Crippen molar-refractivity contribution in [2.75, 3.05) is 17.7 Å². The molecule has 0 saturated carbocycles. The summed E-state index contributed by atoms with van der Waals surface area (Å²) in [6.45, 7) is 2.49. The first-order valence-corrected chi connectivity index (χ1v) is 6.03. The Balaban J connectivity index is 2.23. The van der Waals surface area contributed by atoms with Gasteiger partial charge in [-0.3, -0.25) is 0 Å². The Morgan fingerprint density at radius 3 is 2.58 bits per heavy atom. The number of hydrogen-bond acceptors (Lipinski definition) is 4. The lowest BCUT2D eigenvalue weighted by Gasteiger charge is -2.13. The number of nitrogens with zero attached hydrogens (tertiary/aromatic N) is 1. The molecule has 0 saturated heterocycles. The second-order valence-electron chi connectivity index (χ2n) is 3.96. The highest BCUT2D eigenvalue weighted by Gasteiger charge is 2.05. The molecule has 4 nitrogen and oxygen atoms in total. The predicted molar refractivity (Wildman–Crippen MR) is 76.5 cm³/mol. The van der Waals surface area contributed by atoms with Crippen LogP contribution in [0, 0.1) is 11.3 Å². The van der Waals surface area contributed by atoms with Crippen molar-refractivity contribution in [3.63, 3.8) is 0 Å². The number of ether oxygens (including phenoxy) is 1. The van der Waals surface area contributed by atoms with Gasteiger partial charge in [0.1, 0.15) is 5.75 Å². The van der Waals surface area contributed by atoms with Crippen molar-refractivity contribution in [3.8, 4) is 11.8 Å². The van der Waals surface area contributed by atoms with Crippen molar-refractivity contribution in [2.45, 2.75) is 6.92 Å². The predicted octanol–water partition coefficient (Wildman–Crippen LogP) is 3.28. The summed E-state index contributed by atoms with van der Waals surface area (Å²) >= 11 is 0. The van der Waals surface area contributed by atoms with E-state index in [4.69, 9.17) is 15.7 Å². The minimum atomic E-state index is 0.574. The molecule has 96 valence electrons.